The number of thiol groups is 1. The van der Waals surface area contributed by atoms with Crippen LogP contribution in [0.3, 0.4) is 0 Å². The molecule has 4 fully saturated rings. The highest BCUT2D eigenvalue weighted by Crippen LogP contribution is 2.78. The molecule has 3 atom stereocenters. The van der Waals surface area contributed by atoms with E-state index in [9.17, 15) is 9.90 Å². The lowest BCUT2D eigenvalue weighted by atomic mass is 9.62. The summed E-state index contributed by atoms with van der Waals surface area (Å²) in [5.74, 6) is -1.58. The van der Waals surface area contributed by atoms with Crippen LogP contribution in [0.1, 0.15) is 51.9 Å². The summed E-state index contributed by atoms with van der Waals surface area (Å²) < 4.78 is 11.3. The summed E-state index contributed by atoms with van der Waals surface area (Å²) in [4.78, 5) is 11.7. The van der Waals surface area contributed by atoms with E-state index in [0.29, 0.717) is 18.8 Å². The number of ether oxygens (including phenoxy) is 2. The average Bonchev–Trinajstić information content (AvgIpc) is 3.23. The number of carboxylic acids is 1. The zero-order valence-electron chi connectivity index (χ0n) is 11.8. The maximum atomic E-state index is 11.7. The van der Waals surface area contributed by atoms with E-state index < -0.39 is 23.5 Å². The molecular weight excluding hydrogens is 276 g/mol. The van der Waals surface area contributed by atoms with Crippen molar-refractivity contribution in [2.45, 2.75) is 68.7 Å². The van der Waals surface area contributed by atoms with Gasteiger partial charge in [-0.1, -0.05) is 26.2 Å². The number of aliphatic carboxylic acids is 1. The quantitative estimate of drug-likeness (QED) is 0.621. The summed E-state index contributed by atoms with van der Waals surface area (Å²) in [5.41, 5.74) is -0.340. The molecular formula is C15H22O4S. The van der Waals surface area contributed by atoms with Gasteiger partial charge in [-0.05, 0) is 24.2 Å². The van der Waals surface area contributed by atoms with Crippen LogP contribution in [-0.2, 0) is 14.3 Å². The second kappa shape index (κ2) is 3.93. The number of carboxylic acid groups (broad SMARTS) is 1. The SMILES string of the molecule is CC1(C(S)C2CCCCC2)CC23OC2(CC1C(=O)O)O3. The van der Waals surface area contributed by atoms with E-state index in [-0.39, 0.29) is 10.7 Å². The predicted octanol–water partition coefficient (Wildman–Crippen LogP) is 2.82. The second-order valence-electron chi connectivity index (χ2n) is 7.33. The molecule has 4 aliphatic rings. The fourth-order valence-electron chi connectivity index (χ4n) is 4.73. The summed E-state index contributed by atoms with van der Waals surface area (Å²) >= 11 is 4.89. The van der Waals surface area contributed by atoms with E-state index in [4.69, 9.17) is 22.1 Å². The average molecular weight is 298 g/mol. The molecule has 0 radical (unpaired) electrons. The van der Waals surface area contributed by atoms with E-state index in [1.165, 1.54) is 32.1 Å². The summed E-state index contributed by atoms with van der Waals surface area (Å²) in [6.07, 6.45) is 7.32. The van der Waals surface area contributed by atoms with Crippen molar-refractivity contribution in [3.8, 4) is 0 Å². The van der Waals surface area contributed by atoms with Crippen LogP contribution in [-0.4, -0.2) is 27.9 Å². The van der Waals surface area contributed by atoms with Crippen LogP contribution in [0.15, 0.2) is 0 Å². The standard InChI is InChI=1S/C15H22O4S/c1-13(11(20)9-5-3-2-4-6-9)8-15-14(18-15,19-15)7-10(13)12(16)17/h9-11,20H,2-8H2,1H3,(H,16,17). The fraction of sp³-hybridized carbons (Fsp3) is 0.933. The van der Waals surface area contributed by atoms with E-state index >= 15 is 0 Å². The third-order valence-corrected chi connectivity index (χ3v) is 7.12. The highest BCUT2D eigenvalue weighted by molar-refractivity contribution is 7.81. The number of hydrogen-bond acceptors (Lipinski definition) is 4. The van der Waals surface area contributed by atoms with Gasteiger partial charge in [-0.25, -0.2) is 0 Å². The summed E-state index contributed by atoms with van der Waals surface area (Å²) in [5, 5.41) is 9.76. The van der Waals surface area contributed by atoms with Gasteiger partial charge in [0.15, 0.2) is 0 Å². The Bertz CT molecular complexity index is 453. The Labute approximate surface area is 124 Å². The summed E-state index contributed by atoms with van der Waals surface area (Å²) in [6, 6.07) is 0. The predicted molar refractivity (Wildman–Crippen MR) is 75.4 cm³/mol. The molecule has 2 saturated heterocycles. The van der Waals surface area contributed by atoms with Gasteiger partial charge in [-0.15, -0.1) is 0 Å². The fourth-order valence-corrected chi connectivity index (χ4v) is 5.30. The molecule has 1 N–H and O–H groups in total. The first-order valence-electron chi connectivity index (χ1n) is 7.74. The van der Waals surface area contributed by atoms with Crippen LogP contribution in [0.25, 0.3) is 0 Å². The lowest BCUT2D eigenvalue weighted by Gasteiger charge is -2.44. The Kier molecular flexibility index (Phi) is 2.63. The largest absolute Gasteiger partial charge is 0.481 e. The number of carbonyl (C=O) groups is 1. The lowest BCUT2D eigenvalue weighted by molar-refractivity contribution is -0.148. The van der Waals surface area contributed by atoms with Gasteiger partial charge in [0.05, 0.1) is 5.92 Å². The van der Waals surface area contributed by atoms with Crippen molar-refractivity contribution in [1.82, 2.24) is 0 Å². The van der Waals surface area contributed by atoms with E-state index in [2.05, 4.69) is 6.92 Å². The Morgan fingerprint density at radius 3 is 2.50 bits per heavy atom. The topological polar surface area (TPSA) is 62.4 Å². The first-order valence-corrected chi connectivity index (χ1v) is 8.25. The van der Waals surface area contributed by atoms with Gasteiger partial charge in [-0.3, -0.25) is 4.79 Å². The maximum Gasteiger partial charge on any atom is 0.307 e. The molecule has 5 heteroatoms. The van der Waals surface area contributed by atoms with Gasteiger partial charge in [0.25, 0.3) is 0 Å². The lowest BCUT2D eigenvalue weighted by Crippen LogP contribution is -2.48. The Hall–Kier alpha value is -0.260. The monoisotopic (exact) mass is 298 g/mol. The molecule has 3 unspecified atom stereocenters. The molecule has 2 saturated carbocycles. The molecule has 2 aliphatic carbocycles. The Morgan fingerprint density at radius 1 is 1.25 bits per heavy atom. The molecule has 4 nitrogen and oxygen atoms in total. The minimum Gasteiger partial charge on any atom is -0.481 e. The molecule has 0 aromatic carbocycles. The van der Waals surface area contributed by atoms with Gasteiger partial charge < -0.3 is 14.6 Å². The minimum absolute atomic E-state index is 0.115. The summed E-state index contributed by atoms with van der Waals surface area (Å²) in [7, 11) is 0. The van der Waals surface area contributed by atoms with Crippen LogP contribution in [0, 0.1) is 17.3 Å². The zero-order chi connectivity index (χ0) is 14.2. The van der Waals surface area contributed by atoms with Crippen LogP contribution < -0.4 is 0 Å². The van der Waals surface area contributed by atoms with Gasteiger partial charge >= 0.3 is 5.97 Å². The molecule has 0 amide bonds. The molecule has 112 valence electrons. The Balaban J connectivity index is 1.60. The van der Waals surface area contributed by atoms with E-state index in [1.807, 2.05) is 0 Å². The molecule has 20 heavy (non-hydrogen) atoms. The molecule has 2 heterocycles. The Morgan fingerprint density at radius 2 is 1.90 bits per heavy atom. The highest BCUT2D eigenvalue weighted by Gasteiger charge is 2.94. The van der Waals surface area contributed by atoms with Crippen molar-refractivity contribution in [1.29, 1.82) is 0 Å². The van der Waals surface area contributed by atoms with Gasteiger partial charge in [0, 0.05) is 18.1 Å². The van der Waals surface area contributed by atoms with Crippen LogP contribution in [0.5, 0.6) is 0 Å². The van der Waals surface area contributed by atoms with Crippen molar-refractivity contribution >= 4 is 18.6 Å². The van der Waals surface area contributed by atoms with Crippen LogP contribution in [0.2, 0.25) is 0 Å². The van der Waals surface area contributed by atoms with E-state index in [1.54, 1.807) is 0 Å². The second-order valence-corrected chi connectivity index (χ2v) is 7.89. The number of rotatable bonds is 3. The summed E-state index contributed by atoms with van der Waals surface area (Å²) in [6.45, 7) is 2.08. The van der Waals surface area contributed by atoms with Gasteiger partial charge in [0.2, 0.25) is 11.6 Å². The van der Waals surface area contributed by atoms with E-state index in [0.717, 1.165) is 0 Å². The highest BCUT2D eigenvalue weighted by atomic mass is 32.1. The van der Waals surface area contributed by atoms with Crippen molar-refractivity contribution in [3.05, 3.63) is 0 Å². The molecule has 4 rings (SSSR count). The van der Waals surface area contributed by atoms with Crippen LogP contribution in [0.4, 0.5) is 0 Å². The van der Waals surface area contributed by atoms with Crippen molar-refractivity contribution in [2.75, 3.05) is 0 Å². The molecule has 0 aromatic heterocycles. The smallest absolute Gasteiger partial charge is 0.307 e. The van der Waals surface area contributed by atoms with Gasteiger partial charge in [-0.2, -0.15) is 12.6 Å². The normalized spacial score (nSPS) is 51.8. The third kappa shape index (κ3) is 1.60. The van der Waals surface area contributed by atoms with Crippen molar-refractivity contribution in [2.24, 2.45) is 17.3 Å². The van der Waals surface area contributed by atoms with Crippen LogP contribution >= 0.6 is 12.6 Å². The van der Waals surface area contributed by atoms with Crippen molar-refractivity contribution < 1.29 is 19.4 Å². The first-order chi connectivity index (χ1) is 9.43. The molecule has 2 aliphatic heterocycles. The zero-order valence-corrected chi connectivity index (χ0v) is 12.7. The maximum absolute atomic E-state index is 11.7. The number of epoxide rings is 2. The minimum atomic E-state index is -0.726. The molecule has 0 aromatic rings. The molecule has 0 spiro atoms. The van der Waals surface area contributed by atoms with Crippen molar-refractivity contribution in [3.63, 3.8) is 0 Å². The first kappa shape index (κ1) is 13.4. The number of hydrogen-bond donors (Lipinski definition) is 2. The third-order valence-electron chi connectivity index (χ3n) is 6.11. The molecule has 0 bridgehead atoms. The van der Waals surface area contributed by atoms with Gasteiger partial charge in [0.1, 0.15) is 0 Å².